The number of phenols is 3. The van der Waals surface area contributed by atoms with Gasteiger partial charge in [-0.2, -0.15) is 0 Å². The summed E-state index contributed by atoms with van der Waals surface area (Å²) < 4.78 is 23.4. The molecule has 2 aromatic rings. The summed E-state index contributed by atoms with van der Waals surface area (Å²) in [6.07, 6.45) is 5.83. The third-order valence-corrected chi connectivity index (χ3v) is 10.5. The zero-order valence-electron chi connectivity index (χ0n) is 33.0. The maximum Gasteiger partial charge on any atom is 0.312 e. The zero-order valence-corrected chi connectivity index (χ0v) is 33.0. The van der Waals surface area contributed by atoms with Gasteiger partial charge in [-0.3, -0.25) is 14.4 Å². The number of rotatable bonds is 6. The molecule has 15 nitrogen and oxygen atoms in total. The SMILES string of the molecule is C=CCO/N=C/c1c2c(O)c3c(O)c(C)c4c(c3c1O)C(=O)[C@@](C)(O/C=C/[C@H](OC)[C@@H](C)[C@@H](OC(C)=O)[C@H](C)[C@H](O)[C@H](C)[C@@H](O)[C@@H](C)/C=C/C=C(\C)C(=O)N2)O4. The van der Waals surface area contributed by atoms with E-state index >= 15 is 0 Å². The summed E-state index contributed by atoms with van der Waals surface area (Å²) in [6.45, 7) is 15.9. The number of benzene rings is 2. The number of fused-ring (bicyclic) bond motifs is 14. The van der Waals surface area contributed by atoms with Crippen LogP contribution in [-0.2, 0) is 28.6 Å². The molecule has 1 amide bonds. The molecule has 2 aromatic carbocycles. The van der Waals surface area contributed by atoms with E-state index in [4.69, 9.17) is 23.8 Å². The molecule has 0 aliphatic carbocycles. The number of oxime groups is 1. The first kappa shape index (κ1) is 43.3. The van der Waals surface area contributed by atoms with Gasteiger partial charge in [0, 0.05) is 61.2 Å². The van der Waals surface area contributed by atoms with Crippen molar-refractivity contribution in [3.8, 4) is 23.0 Å². The number of carbonyl (C=O) groups is 3. The second-order valence-electron chi connectivity index (χ2n) is 14.4. The first-order chi connectivity index (χ1) is 26.3. The van der Waals surface area contributed by atoms with Crippen molar-refractivity contribution in [3.05, 3.63) is 65.5 Å². The van der Waals surface area contributed by atoms with Gasteiger partial charge < -0.3 is 54.6 Å². The van der Waals surface area contributed by atoms with Crippen LogP contribution in [0.5, 0.6) is 23.0 Å². The molecule has 0 radical (unpaired) electrons. The normalized spacial score (nSPS) is 30.9. The van der Waals surface area contributed by atoms with Gasteiger partial charge in [0.1, 0.15) is 30.0 Å². The van der Waals surface area contributed by atoms with E-state index in [0.717, 1.165) is 6.21 Å². The highest BCUT2D eigenvalue weighted by atomic mass is 16.7. The third kappa shape index (κ3) is 8.39. The Hall–Kier alpha value is -5.38. The maximum atomic E-state index is 14.3. The number of phenolic OH excluding ortho intramolecular Hbond substituents is 3. The summed E-state index contributed by atoms with van der Waals surface area (Å²) in [5, 5.41) is 63.4. The van der Waals surface area contributed by atoms with E-state index in [1.807, 2.05) is 0 Å². The maximum absolute atomic E-state index is 14.3. The molecule has 6 N–H and O–H groups in total. The Balaban J connectivity index is 1.97. The smallest absolute Gasteiger partial charge is 0.312 e. The number of ketones is 1. The van der Waals surface area contributed by atoms with Crippen LogP contribution in [0.3, 0.4) is 0 Å². The van der Waals surface area contributed by atoms with Crippen molar-refractivity contribution in [3.63, 3.8) is 0 Å². The molecular weight excluding hydrogens is 728 g/mol. The molecule has 5 rings (SSSR count). The van der Waals surface area contributed by atoms with Gasteiger partial charge in [0.15, 0.2) is 5.75 Å². The lowest BCUT2D eigenvalue weighted by Gasteiger charge is -2.38. The molecule has 0 fully saturated rings. The Morgan fingerprint density at radius 3 is 2.30 bits per heavy atom. The molecule has 15 heteroatoms. The Morgan fingerprint density at radius 1 is 1.00 bits per heavy atom. The van der Waals surface area contributed by atoms with Crippen molar-refractivity contribution in [1.82, 2.24) is 0 Å². The molecule has 0 saturated carbocycles. The summed E-state index contributed by atoms with van der Waals surface area (Å²) in [7, 11) is 1.42. The van der Waals surface area contributed by atoms with Crippen LogP contribution in [-0.4, -0.2) is 93.3 Å². The molecule has 0 unspecified atom stereocenters. The summed E-state index contributed by atoms with van der Waals surface area (Å²) in [5.74, 6) is -8.73. The van der Waals surface area contributed by atoms with E-state index in [1.165, 1.54) is 59.3 Å². The second kappa shape index (κ2) is 17.6. The highest BCUT2D eigenvalue weighted by molar-refractivity contribution is 6.23. The van der Waals surface area contributed by atoms with Gasteiger partial charge in [-0.1, -0.05) is 63.7 Å². The van der Waals surface area contributed by atoms with Gasteiger partial charge >= 0.3 is 11.8 Å². The van der Waals surface area contributed by atoms with Gasteiger partial charge in [-0.15, -0.1) is 0 Å². The number of hydrogen-bond donors (Lipinski definition) is 6. The molecule has 3 aliphatic heterocycles. The van der Waals surface area contributed by atoms with Crippen molar-refractivity contribution < 1.29 is 63.7 Å². The monoisotopic (exact) mass is 780 g/mol. The standard InChI is InChI=1S/C41H52N2O13/c1-11-16-54-42-18-26-31-36(49)29-28(35(26)48)30-38(24(7)34(29)47)56-41(9,39(30)50)53-17-15-27(52-10)21(4)37(55-25(8)44)23(6)33(46)22(5)32(45)19(2)13-12-14-20(3)40(51)43-31/h11-15,17-19,21-23,27,32-33,37,45-49H,1,16H2,2-10H3,(H,43,51)/b13-12+,17-15+,20-14+,42-18+/t19-,21+,22+,23+,27-,32-,33+,37+,41-/m0/s1. The number of esters is 1. The van der Waals surface area contributed by atoms with Gasteiger partial charge in [0.25, 0.3) is 11.7 Å². The zero-order chi connectivity index (χ0) is 41.8. The Morgan fingerprint density at radius 2 is 1.68 bits per heavy atom. The number of hydrogen-bond acceptors (Lipinski definition) is 14. The van der Waals surface area contributed by atoms with Crippen molar-refractivity contribution in [2.24, 2.45) is 28.8 Å². The minimum Gasteiger partial charge on any atom is -0.507 e. The summed E-state index contributed by atoms with van der Waals surface area (Å²) in [4.78, 5) is 45.2. The number of methoxy groups -OCH3 is 1. The van der Waals surface area contributed by atoms with E-state index in [9.17, 15) is 39.9 Å². The van der Waals surface area contributed by atoms with E-state index in [-0.39, 0.29) is 51.1 Å². The molecule has 5 bridgehead atoms. The van der Waals surface area contributed by atoms with E-state index in [2.05, 4.69) is 17.1 Å². The van der Waals surface area contributed by atoms with Crippen molar-refractivity contribution >= 4 is 40.3 Å². The quantitative estimate of drug-likeness (QED) is 0.0418. The number of Topliss-reactive ketones (excluding diaryl/α,β-unsaturated/α-hetero) is 1. The van der Waals surface area contributed by atoms with Crippen LogP contribution in [0.4, 0.5) is 5.69 Å². The number of allylic oxidation sites excluding steroid dienone is 2. The fourth-order valence-electron chi connectivity index (χ4n) is 7.06. The Kier molecular flexibility index (Phi) is 13.6. The number of amides is 1. The van der Waals surface area contributed by atoms with Crippen LogP contribution in [0.2, 0.25) is 0 Å². The molecule has 56 heavy (non-hydrogen) atoms. The number of aliphatic hydroxyl groups excluding tert-OH is 2. The van der Waals surface area contributed by atoms with Gasteiger partial charge in [-0.25, -0.2) is 0 Å². The predicted octanol–water partition coefficient (Wildman–Crippen LogP) is 5.29. The lowest BCUT2D eigenvalue weighted by atomic mass is 9.78. The lowest BCUT2D eigenvalue weighted by Crippen LogP contribution is -2.46. The summed E-state index contributed by atoms with van der Waals surface area (Å²) >= 11 is 0. The minimum absolute atomic E-state index is 0.0192. The molecule has 3 aliphatic rings. The molecule has 0 saturated heterocycles. The van der Waals surface area contributed by atoms with Crippen molar-refractivity contribution in [2.45, 2.75) is 85.6 Å². The van der Waals surface area contributed by atoms with Gasteiger partial charge in [0.2, 0.25) is 0 Å². The predicted molar refractivity (Wildman–Crippen MR) is 208 cm³/mol. The van der Waals surface area contributed by atoms with Crippen LogP contribution in [0.15, 0.2) is 53.9 Å². The number of nitrogens with zero attached hydrogens (tertiary/aromatic N) is 1. The third-order valence-electron chi connectivity index (χ3n) is 10.5. The number of aromatic hydroxyl groups is 3. The topological polar surface area (TPSA) is 223 Å². The van der Waals surface area contributed by atoms with Crippen LogP contribution in [0.25, 0.3) is 10.8 Å². The van der Waals surface area contributed by atoms with E-state index in [0.29, 0.717) is 0 Å². The number of ether oxygens (including phenoxy) is 4. The number of carbonyl (C=O) groups excluding carboxylic acids is 3. The highest BCUT2D eigenvalue weighted by Crippen LogP contribution is 2.55. The van der Waals surface area contributed by atoms with Crippen molar-refractivity contribution in [2.75, 3.05) is 19.0 Å². The molecular formula is C41H52N2O13. The van der Waals surface area contributed by atoms with Crippen LogP contribution < -0.4 is 10.1 Å². The fraction of sp³-hybridized carbons (Fsp3) is 0.463. The highest BCUT2D eigenvalue weighted by Gasteiger charge is 2.50. The van der Waals surface area contributed by atoms with Gasteiger partial charge in [0.05, 0.1) is 53.0 Å². The van der Waals surface area contributed by atoms with Crippen LogP contribution in [0.1, 0.15) is 70.0 Å². The van der Waals surface area contributed by atoms with Gasteiger partial charge in [-0.05, 0) is 19.9 Å². The number of anilines is 1. The largest absolute Gasteiger partial charge is 0.507 e. The van der Waals surface area contributed by atoms with Crippen LogP contribution in [0, 0.1) is 30.6 Å². The Labute approximate surface area is 325 Å². The average Bonchev–Trinajstić information content (AvgIpc) is 3.42. The molecule has 304 valence electrons. The number of aliphatic hydroxyl groups is 2. The summed E-state index contributed by atoms with van der Waals surface area (Å²) in [5.41, 5.74) is -0.691. The Bertz CT molecular complexity index is 1990. The molecule has 0 spiro atoms. The number of nitrogens with one attached hydrogen (secondary N) is 1. The fourth-order valence-corrected chi connectivity index (χ4v) is 7.06. The average molecular weight is 781 g/mol. The van der Waals surface area contributed by atoms with E-state index in [1.54, 1.807) is 39.8 Å². The first-order valence-electron chi connectivity index (χ1n) is 18.2. The molecule has 9 atom stereocenters. The van der Waals surface area contributed by atoms with Crippen LogP contribution >= 0.6 is 0 Å². The molecule has 0 aromatic heterocycles. The minimum atomic E-state index is -2.06. The molecule has 3 heterocycles. The first-order valence-corrected chi connectivity index (χ1v) is 18.2. The van der Waals surface area contributed by atoms with E-state index < -0.39 is 88.8 Å². The lowest BCUT2D eigenvalue weighted by molar-refractivity contribution is -0.160. The summed E-state index contributed by atoms with van der Waals surface area (Å²) in [6, 6.07) is 0. The van der Waals surface area contributed by atoms with Crippen molar-refractivity contribution in [1.29, 1.82) is 0 Å². The second-order valence-corrected chi connectivity index (χ2v) is 14.4.